The summed E-state index contributed by atoms with van der Waals surface area (Å²) < 4.78 is 43.8. The molecule has 0 N–H and O–H groups in total. The minimum atomic E-state index is -3.64. The summed E-state index contributed by atoms with van der Waals surface area (Å²) in [6, 6.07) is 10.9. The van der Waals surface area contributed by atoms with Gasteiger partial charge in [0.2, 0.25) is 0 Å². The number of hydrogen-bond donors (Lipinski definition) is 0. The van der Waals surface area contributed by atoms with E-state index >= 15 is 0 Å². The lowest BCUT2D eigenvalue weighted by Gasteiger charge is -2.33. The Kier molecular flexibility index (Phi) is 4.65. The lowest BCUT2D eigenvalue weighted by Crippen LogP contribution is -2.40. The van der Waals surface area contributed by atoms with Crippen LogP contribution in [-0.4, -0.2) is 41.8 Å². The van der Waals surface area contributed by atoms with Crippen LogP contribution in [0.2, 0.25) is 0 Å². The van der Waals surface area contributed by atoms with Crippen LogP contribution in [0.4, 0.5) is 4.39 Å². The molecule has 3 heterocycles. The minimum absolute atomic E-state index is 0.162. The van der Waals surface area contributed by atoms with Crippen LogP contribution in [-0.2, 0) is 16.6 Å². The summed E-state index contributed by atoms with van der Waals surface area (Å²) in [6.45, 7) is 3.61. The lowest BCUT2D eigenvalue weighted by molar-refractivity contribution is 0.243. The molecule has 1 saturated heterocycles. The third-order valence-corrected chi connectivity index (χ3v) is 7.40. The Morgan fingerprint density at radius 2 is 1.87 bits per heavy atom. The highest BCUT2D eigenvalue weighted by Crippen LogP contribution is 2.30. The van der Waals surface area contributed by atoms with Gasteiger partial charge in [-0.3, -0.25) is 9.36 Å². The van der Waals surface area contributed by atoms with Crippen LogP contribution in [0.3, 0.4) is 0 Å². The van der Waals surface area contributed by atoms with Crippen LogP contribution in [0.25, 0.3) is 10.9 Å². The van der Waals surface area contributed by atoms with Crippen molar-refractivity contribution in [1.82, 2.24) is 14.5 Å². The number of nitrogens with zero attached hydrogens (tertiary/aromatic N) is 4. The summed E-state index contributed by atoms with van der Waals surface area (Å²) in [4.78, 5) is 19.6. The van der Waals surface area contributed by atoms with E-state index in [-0.39, 0.29) is 16.4 Å². The van der Waals surface area contributed by atoms with Crippen molar-refractivity contribution >= 4 is 26.8 Å². The number of amidine groups is 1. The van der Waals surface area contributed by atoms with Gasteiger partial charge in [0.15, 0.2) is 5.84 Å². The number of sulfonamides is 1. The maximum atomic E-state index is 13.5. The van der Waals surface area contributed by atoms with Gasteiger partial charge < -0.3 is 4.90 Å². The van der Waals surface area contributed by atoms with E-state index in [0.717, 1.165) is 12.8 Å². The summed E-state index contributed by atoms with van der Waals surface area (Å²) in [5.41, 5.74) is 0.858. The smallest absolute Gasteiger partial charge is 0.285 e. The van der Waals surface area contributed by atoms with Gasteiger partial charge in [-0.2, -0.15) is 8.42 Å². The number of fused-ring (bicyclic) bond motifs is 2. The largest absolute Gasteiger partial charge is 0.355 e. The Hall–Kier alpha value is -3.07. The summed E-state index contributed by atoms with van der Waals surface area (Å²) in [5.74, 6) is 0.908. The third-order valence-electron chi connectivity index (χ3n) is 6.08. The Balaban J connectivity index is 1.35. The predicted molar refractivity (Wildman–Crippen MR) is 115 cm³/mol. The topological polar surface area (TPSA) is 84.6 Å². The lowest BCUT2D eigenvalue weighted by atomic mass is 9.96. The molecule has 2 aliphatic rings. The number of hydrogen-bond acceptors (Lipinski definition) is 5. The fourth-order valence-corrected chi connectivity index (χ4v) is 5.65. The first-order chi connectivity index (χ1) is 14.8. The van der Waals surface area contributed by atoms with Crippen molar-refractivity contribution in [2.45, 2.75) is 31.2 Å². The maximum Gasteiger partial charge on any atom is 0.285 e. The van der Waals surface area contributed by atoms with Crippen LogP contribution in [0.5, 0.6) is 0 Å². The molecular weight excluding hydrogens is 419 g/mol. The highest BCUT2D eigenvalue weighted by molar-refractivity contribution is 7.90. The SMILES string of the molecule is Cc1nc2cc(F)ccc2c(=O)n1CC1CCN(C2=NS(=O)(=O)c3ccccc32)CC1. The minimum Gasteiger partial charge on any atom is -0.355 e. The second-order valence-electron chi connectivity index (χ2n) is 8.05. The maximum absolute atomic E-state index is 13.5. The number of halogens is 1. The Morgan fingerprint density at radius 3 is 2.65 bits per heavy atom. The number of benzene rings is 2. The van der Waals surface area contributed by atoms with E-state index in [9.17, 15) is 17.6 Å². The molecule has 31 heavy (non-hydrogen) atoms. The second-order valence-corrected chi connectivity index (χ2v) is 9.63. The van der Waals surface area contributed by atoms with E-state index < -0.39 is 15.8 Å². The van der Waals surface area contributed by atoms with Crippen molar-refractivity contribution in [3.63, 3.8) is 0 Å². The molecule has 9 heteroatoms. The molecule has 160 valence electrons. The van der Waals surface area contributed by atoms with Gasteiger partial charge >= 0.3 is 0 Å². The molecule has 5 rings (SSSR count). The average molecular weight is 441 g/mol. The number of piperidine rings is 1. The van der Waals surface area contributed by atoms with Gasteiger partial charge in [-0.25, -0.2) is 9.37 Å². The van der Waals surface area contributed by atoms with E-state index in [1.807, 2.05) is 11.0 Å². The average Bonchev–Trinajstić information content (AvgIpc) is 3.02. The highest BCUT2D eigenvalue weighted by Gasteiger charge is 2.33. The Morgan fingerprint density at radius 1 is 1.13 bits per heavy atom. The van der Waals surface area contributed by atoms with Gasteiger partial charge in [0.05, 0.1) is 10.9 Å². The van der Waals surface area contributed by atoms with Gasteiger partial charge in [-0.15, -0.1) is 4.40 Å². The number of aryl methyl sites for hydroxylation is 1. The van der Waals surface area contributed by atoms with Gasteiger partial charge in [0.25, 0.3) is 15.6 Å². The molecule has 0 bridgehead atoms. The number of rotatable bonds is 2. The second kappa shape index (κ2) is 7.26. The molecule has 0 aliphatic carbocycles. The molecule has 0 atom stereocenters. The molecule has 0 saturated carbocycles. The van der Waals surface area contributed by atoms with Crippen molar-refractivity contribution < 1.29 is 12.8 Å². The Labute approximate surface area is 178 Å². The van der Waals surface area contributed by atoms with Crippen LogP contribution >= 0.6 is 0 Å². The first-order valence-electron chi connectivity index (χ1n) is 10.2. The zero-order valence-corrected chi connectivity index (χ0v) is 17.8. The zero-order valence-electron chi connectivity index (χ0n) is 17.0. The van der Waals surface area contributed by atoms with Crippen LogP contribution in [0, 0.1) is 18.7 Å². The van der Waals surface area contributed by atoms with Crippen molar-refractivity contribution in [3.8, 4) is 0 Å². The number of likely N-dealkylation sites (tertiary alicyclic amines) is 1. The zero-order chi connectivity index (χ0) is 21.8. The fraction of sp³-hybridized carbons (Fsp3) is 0.318. The van der Waals surface area contributed by atoms with Crippen molar-refractivity contribution in [1.29, 1.82) is 0 Å². The van der Waals surface area contributed by atoms with Crippen molar-refractivity contribution in [2.24, 2.45) is 10.3 Å². The van der Waals surface area contributed by atoms with Gasteiger partial charge in [0.1, 0.15) is 16.5 Å². The van der Waals surface area contributed by atoms with E-state index in [1.54, 1.807) is 29.7 Å². The summed E-state index contributed by atoms with van der Waals surface area (Å²) >= 11 is 0. The van der Waals surface area contributed by atoms with Crippen molar-refractivity contribution in [3.05, 3.63) is 70.0 Å². The molecular formula is C22H21FN4O3S. The monoisotopic (exact) mass is 440 g/mol. The molecule has 3 aromatic rings. The fourth-order valence-electron chi connectivity index (χ4n) is 4.42. The molecule has 1 fully saturated rings. The molecule has 0 amide bonds. The molecule has 0 spiro atoms. The summed E-state index contributed by atoms with van der Waals surface area (Å²) in [5, 5.41) is 0.409. The van der Waals surface area contributed by atoms with E-state index in [2.05, 4.69) is 9.38 Å². The number of aromatic nitrogens is 2. The predicted octanol–water partition coefficient (Wildman–Crippen LogP) is 2.71. The Bertz CT molecular complexity index is 1390. The van der Waals surface area contributed by atoms with Crippen molar-refractivity contribution in [2.75, 3.05) is 13.1 Å². The van der Waals surface area contributed by atoms with E-state index in [0.29, 0.717) is 47.8 Å². The van der Waals surface area contributed by atoms with Gasteiger partial charge in [0, 0.05) is 31.3 Å². The first kappa shape index (κ1) is 19.9. The van der Waals surface area contributed by atoms with Crippen LogP contribution < -0.4 is 5.56 Å². The highest BCUT2D eigenvalue weighted by atomic mass is 32.2. The molecule has 0 radical (unpaired) electrons. The summed E-state index contributed by atoms with van der Waals surface area (Å²) in [7, 11) is -3.64. The molecule has 0 unspecified atom stereocenters. The van der Waals surface area contributed by atoms with Gasteiger partial charge in [-0.1, -0.05) is 12.1 Å². The standard InChI is InChI=1S/C22H21FN4O3S/c1-14-24-19-12-16(23)6-7-17(19)22(28)27(14)13-15-8-10-26(11-9-15)21-18-4-2-3-5-20(18)31(29,30)25-21/h2-7,12,15H,8-11,13H2,1H3. The molecule has 1 aromatic heterocycles. The quantitative estimate of drug-likeness (QED) is 0.612. The molecule has 2 aliphatic heterocycles. The normalized spacial score (nSPS) is 18.3. The van der Waals surface area contributed by atoms with Crippen LogP contribution in [0.15, 0.2) is 56.6 Å². The first-order valence-corrected chi connectivity index (χ1v) is 11.6. The van der Waals surface area contributed by atoms with E-state index in [4.69, 9.17) is 0 Å². The van der Waals surface area contributed by atoms with Crippen LogP contribution in [0.1, 0.15) is 24.2 Å². The molecule has 7 nitrogen and oxygen atoms in total. The third kappa shape index (κ3) is 3.42. The molecule has 2 aromatic carbocycles. The van der Waals surface area contributed by atoms with E-state index in [1.165, 1.54) is 18.2 Å². The van der Waals surface area contributed by atoms with Gasteiger partial charge in [-0.05, 0) is 49.9 Å². The summed E-state index contributed by atoms with van der Waals surface area (Å²) in [6.07, 6.45) is 1.60.